The molecular weight excluding hydrogens is 244 g/mol. The van der Waals surface area contributed by atoms with Gasteiger partial charge in [0.2, 0.25) is 0 Å². The van der Waals surface area contributed by atoms with Crippen molar-refractivity contribution in [2.75, 3.05) is 26.7 Å². The first-order valence-corrected chi connectivity index (χ1v) is 7.16. The van der Waals surface area contributed by atoms with Gasteiger partial charge in [-0.05, 0) is 38.5 Å². The van der Waals surface area contributed by atoms with Crippen LogP contribution in [0.2, 0.25) is 0 Å². The fourth-order valence-corrected chi connectivity index (χ4v) is 2.79. The maximum atomic E-state index is 12.3. The molecule has 5 nitrogen and oxygen atoms in total. The molecule has 1 aliphatic carbocycles. The summed E-state index contributed by atoms with van der Waals surface area (Å²) in [5.74, 6) is -0.0783. The van der Waals surface area contributed by atoms with Gasteiger partial charge in [0, 0.05) is 26.7 Å². The summed E-state index contributed by atoms with van der Waals surface area (Å²) in [5.41, 5.74) is -0.663. The number of carboxylic acids is 1. The number of hydrogen-bond acceptors (Lipinski definition) is 2. The first kappa shape index (κ1) is 14.2. The second kappa shape index (κ2) is 5.39. The fraction of sp³-hybridized carbons (Fsp3) is 0.857. The molecule has 1 saturated heterocycles. The molecule has 1 N–H and O–H groups in total. The molecule has 1 saturated carbocycles. The van der Waals surface area contributed by atoms with Crippen LogP contribution in [0.3, 0.4) is 0 Å². The van der Waals surface area contributed by atoms with Crippen LogP contribution in [0.4, 0.5) is 4.79 Å². The quantitative estimate of drug-likeness (QED) is 0.852. The minimum atomic E-state index is -0.748. The highest BCUT2D eigenvalue weighted by Crippen LogP contribution is 2.32. The number of carboxylic acid groups (broad SMARTS) is 1. The lowest BCUT2D eigenvalue weighted by Gasteiger charge is -2.39. The van der Waals surface area contributed by atoms with E-state index in [2.05, 4.69) is 0 Å². The van der Waals surface area contributed by atoms with E-state index in [1.54, 1.807) is 16.7 Å². The summed E-state index contributed by atoms with van der Waals surface area (Å²) >= 11 is 0. The van der Waals surface area contributed by atoms with Gasteiger partial charge in [-0.2, -0.15) is 0 Å². The summed E-state index contributed by atoms with van der Waals surface area (Å²) < 4.78 is 0. The van der Waals surface area contributed by atoms with Crippen molar-refractivity contribution < 1.29 is 14.7 Å². The van der Waals surface area contributed by atoms with Crippen LogP contribution in [0, 0.1) is 11.3 Å². The third kappa shape index (κ3) is 3.01. The highest BCUT2D eigenvalue weighted by molar-refractivity contribution is 5.77. The van der Waals surface area contributed by atoms with Gasteiger partial charge in [0.1, 0.15) is 0 Å². The third-order valence-corrected chi connectivity index (χ3v) is 4.74. The molecule has 1 aliphatic heterocycles. The minimum absolute atomic E-state index is 0.0549. The van der Waals surface area contributed by atoms with Crippen LogP contribution in [0.15, 0.2) is 0 Å². The zero-order chi connectivity index (χ0) is 14.0. The van der Waals surface area contributed by atoms with Crippen LogP contribution in [0.1, 0.15) is 39.0 Å². The molecule has 0 atom stereocenters. The first-order valence-electron chi connectivity index (χ1n) is 7.16. The predicted molar refractivity (Wildman–Crippen MR) is 71.9 cm³/mol. The molecule has 0 aromatic heterocycles. The molecule has 0 aromatic rings. The van der Waals surface area contributed by atoms with Gasteiger partial charge in [0.25, 0.3) is 0 Å². The van der Waals surface area contributed by atoms with Crippen molar-refractivity contribution in [2.24, 2.45) is 11.3 Å². The van der Waals surface area contributed by atoms with Crippen LogP contribution >= 0.6 is 0 Å². The summed E-state index contributed by atoms with van der Waals surface area (Å²) in [6.07, 6.45) is 4.84. The van der Waals surface area contributed by atoms with Crippen molar-refractivity contribution in [1.82, 2.24) is 9.80 Å². The Balaban J connectivity index is 1.83. The van der Waals surface area contributed by atoms with E-state index >= 15 is 0 Å². The van der Waals surface area contributed by atoms with Crippen molar-refractivity contribution in [3.05, 3.63) is 0 Å². The van der Waals surface area contributed by atoms with E-state index in [9.17, 15) is 14.7 Å². The molecule has 19 heavy (non-hydrogen) atoms. The molecule has 2 amide bonds. The van der Waals surface area contributed by atoms with Gasteiger partial charge in [0.05, 0.1) is 5.41 Å². The summed E-state index contributed by atoms with van der Waals surface area (Å²) in [4.78, 5) is 27.0. The number of amides is 2. The molecule has 108 valence electrons. The standard InChI is InChI=1S/C14H24N2O3/c1-14(12(17)18)6-8-16(9-7-14)13(19)15(2)10-11-4-3-5-11/h11H,3-10H2,1-2H3,(H,17,18). The van der Waals surface area contributed by atoms with Crippen molar-refractivity contribution in [2.45, 2.75) is 39.0 Å². The zero-order valence-electron chi connectivity index (χ0n) is 11.9. The Morgan fingerprint density at radius 3 is 2.32 bits per heavy atom. The SMILES string of the molecule is CN(CC1CCC1)C(=O)N1CCC(C)(C(=O)O)CC1. The summed E-state index contributed by atoms with van der Waals surface area (Å²) in [6, 6.07) is 0.0549. The minimum Gasteiger partial charge on any atom is -0.481 e. The van der Waals surface area contributed by atoms with E-state index < -0.39 is 11.4 Å². The van der Waals surface area contributed by atoms with Crippen molar-refractivity contribution >= 4 is 12.0 Å². The number of rotatable bonds is 3. The van der Waals surface area contributed by atoms with Gasteiger partial charge in [-0.15, -0.1) is 0 Å². The van der Waals surface area contributed by atoms with E-state index in [4.69, 9.17) is 0 Å². The van der Waals surface area contributed by atoms with Gasteiger partial charge in [-0.25, -0.2) is 4.79 Å². The number of carbonyl (C=O) groups excluding carboxylic acids is 1. The van der Waals surface area contributed by atoms with Crippen LogP contribution < -0.4 is 0 Å². The summed E-state index contributed by atoms with van der Waals surface area (Å²) in [6.45, 7) is 3.72. The van der Waals surface area contributed by atoms with E-state index in [0.717, 1.165) is 6.54 Å². The number of nitrogens with zero attached hydrogens (tertiary/aromatic N) is 2. The highest BCUT2D eigenvalue weighted by Gasteiger charge is 2.38. The van der Waals surface area contributed by atoms with Gasteiger partial charge in [-0.1, -0.05) is 6.42 Å². The van der Waals surface area contributed by atoms with Gasteiger partial charge in [0.15, 0.2) is 0 Å². The Morgan fingerprint density at radius 1 is 1.32 bits per heavy atom. The molecule has 1 heterocycles. The number of piperidine rings is 1. The lowest BCUT2D eigenvalue weighted by Crippen LogP contribution is -2.50. The maximum Gasteiger partial charge on any atom is 0.319 e. The van der Waals surface area contributed by atoms with Gasteiger partial charge >= 0.3 is 12.0 Å². The van der Waals surface area contributed by atoms with Crippen molar-refractivity contribution in [1.29, 1.82) is 0 Å². The van der Waals surface area contributed by atoms with E-state index in [1.165, 1.54) is 19.3 Å². The molecule has 2 aliphatic rings. The average molecular weight is 268 g/mol. The lowest BCUT2D eigenvalue weighted by molar-refractivity contribution is -0.150. The molecule has 2 rings (SSSR count). The smallest absolute Gasteiger partial charge is 0.319 e. The highest BCUT2D eigenvalue weighted by atomic mass is 16.4. The number of urea groups is 1. The Hall–Kier alpha value is -1.26. The predicted octanol–water partition coefficient (Wildman–Crippen LogP) is 2.03. The molecular formula is C14H24N2O3. The Morgan fingerprint density at radius 2 is 1.89 bits per heavy atom. The van der Waals surface area contributed by atoms with Crippen LogP contribution in [0.25, 0.3) is 0 Å². The molecule has 2 fully saturated rings. The number of hydrogen-bond donors (Lipinski definition) is 1. The number of likely N-dealkylation sites (tertiary alicyclic amines) is 1. The Bertz CT molecular complexity index is 358. The zero-order valence-corrected chi connectivity index (χ0v) is 11.9. The van der Waals surface area contributed by atoms with Crippen LogP contribution in [-0.2, 0) is 4.79 Å². The topological polar surface area (TPSA) is 60.9 Å². The van der Waals surface area contributed by atoms with Crippen LogP contribution in [0.5, 0.6) is 0 Å². The van der Waals surface area contributed by atoms with Gasteiger partial charge in [-0.3, -0.25) is 4.79 Å². The largest absolute Gasteiger partial charge is 0.481 e. The normalized spacial score (nSPS) is 22.7. The number of carbonyl (C=O) groups is 2. The molecule has 0 bridgehead atoms. The maximum absolute atomic E-state index is 12.3. The van der Waals surface area contributed by atoms with E-state index in [-0.39, 0.29) is 6.03 Å². The fourth-order valence-electron chi connectivity index (χ4n) is 2.79. The van der Waals surface area contributed by atoms with Gasteiger partial charge < -0.3 is 14.9 Å². The second-order valence-electron chi connectivity index (χ2n) is 6.31. The molecule has 0 aromatic carbocycles. The number of aliphatic carboxylic acids is 1. The summed E-state index contributed by atoms with van der Waals surface area (Å²) in [7, 11) is 1.85. The molecule has 0 spiro atoms. The van der Waals surface area contributed by atoms with Crippen molar-refractivity contribution in [3.8, 4) is 0 Å². The summed E-state index contributed by atoms with van der Waals surface area (Å²) in [5, 5.41) is 9.18. The first-order chi connectivity index (χ1) is 8.92. The second-order valence-corrected chi connectivity index (χ2v) is 6.31. The Labute approximate surface area is 114 Å². The van der Waals surface area contributed by atoms with E-state index in [1.807, 2.05) is 7.05 Å². The van der Waals surface area contributed by atoms with Crippen LogP contribution in [-0.4, -0.2) is 53.6 Å². The Kier molecular flexibility index (Phi) is 4.02. The molecule has 5 heteroatoms. The monoisotopic (exact) mass is 268 g/mol. The third-order valence-electron chi connectivity index (χ3n) is 4.74. The van der Waals surface area contributed by atoms with E-state index in [0.29, 0.717) is 31.8 Å². The lowest BCUT2D eigenvalue weighted by atomic mass is 9.80. The molecule has 0 radical (unpaired) electrons. The molecule has 0 unspecified atom stereocenters. The average Bonchev–Trinajstić information content (AvgIpc) is 2.33. The van der Waals surface area contributed by atoms with Crippen molar-refractivity contribution in [3.63, 3.8) is 0 Å².